The second-order valence-corrected chi connectivity index (χ2v) is 4.13. The summed E-state index contributed by atoms with van der Waals surface area (Å²) in [5, 5.41) is 2.92. The monoisotopic (exact) mass is 271 g/mol. The molecular formula is C13H9ClF3N. The average molecular weight is 272 g/mol. The molecule has 1 nitrogen and oxygen atoms in total. The van der Waals surface area contributed by atoms with Gasteiger partial charge in [0.2, 0.25) is 0 Å². The minimum Gasteiger partial charge on any atom is -0.378 e. The van der Waals surface area contributed by atoms with E-state index in [4.69, 9.17) is 11.6 Å². The Morgan fingerprint density at radius 2 is 1.78 bits per heavy atom. The summed E-state index contributed by atoms with van der Waals surface area (Å²) in [6.07, 6.45) is 0. The average Bonchev–Trinajstić information content (AvgIpc) is 2.33. The fourth-order valence-corrected chi connectivity index (χ4v) is 1.65. The summed E-state index contributed by atoms with van der Waals surface area (Å²) in [4.78, 5) is 0. The van der Waals surface area contributed by atoms with Gasteiger partial charge in [-0.05, 0) is 24.3 Å². The topological polar surface area (TPSA) is 12.0 Å². The Bertz CT molecular complexity index is 572. The van der Waals surface area contributed by atoms with Gasteiger partial charge in [0.05, 0.1) is 5.69 Å². The van der Waals surface area contributed by atoms with E-state index in [2.05, 4.69) is 5.32 Å². The molecular weight excluding hydrogens is 263 g/mol. The first kappa shape index (κ1) is 12.8. The van der Waals surface area contributed by atoms with Crippen molar-refractivity contribution in [2.24, 2.45) is 0 Å². The highest BCUT2D eigenvalue weighted by Gasteiger charge is 2.08. The van der Waals surface area contributed by atoms with Crippen LogP contribution >= 0.6 is 11.6 Å². The molecule has 2 rings (SSSR count). The molecule has 0 aliphatic heterocycles. The van der Waals surface area contributed by atoms with Crippen molar-refractivity contribution in [1.29, 1.82) is 0 Å². The molecule has 0 bridgehead atoms. The predicted octanol–water partition coefficient (Wildman–Crippen LogP) is 4.37. The van der Waals surface area contributed by atoms with Crippen LogP contribution in [0.25, 0.3) is 0 Å². The Kier molecular flexibility index (Phi) is 3.77. The summed E-state index contributed by atoms with van der Waals surface area (Å²) in [5.74, 6) is -2.42. The van der Waals surface area contributed by atoms with Crippen molar-refractivity contribution < 1.29 is 13.2 Å². The second kappa shape index (κ2) is 5.31. The Morgan fingerprint density at radius 3 is 2.50 bits per heavy atom. The molecule has 18 heavy (non-hydrogen) atoms. The fourth-order valence-electron chi connectivity index (χ4n) is 1.50. The van der Waals surface area contributed by atoms with Crippen molar-refractivity contribution in [1.82, 2.24) is 0 Å². The molecule has 0 aliphatic carbocycles. The summed E-state index contributed by atoms with van der Waals surface area (Å²) in [6.45, 7) is 0.0450. The summed E-state index contributed by atoms with van der Waals surface area (Å²) < 4.78 is 39.7. The van der Waals surface area contributed by atoms with Gasteiger partial charge in [-0.1, -0.05) is 23.7 Å². The van der Waals surface area contributed by atoms with E-state index >= 15 is 0 Å². The molecule has 0 spiro atoms. The smallest absolute Gasteiger partial charge is 0.181 e. The third kappa shape index (κ3) is 2.76. The van der Waals surface area contributed by atoms with Crippen LogP contribution in [0.2, 0.25) is 5.02 Å². The molecule has 0 fully saturated rings. The van der Waals surface area contributed by atoms with E-state index in [-0.39, 0.29) is 17.3 Å². The molecule has 2 aromatic carbocycles. The summed E-state index contributed by atoms with van der Waals surface area (Å²) in [6, 6.07) is 7.96. The van der Waals surface area contributed by atoms with E-state index in [0.29, 0.717) is 5.56 Å². The number of halogens is 4. The van der Waals surface area contributed by atoms with Crippen LogP contribution in [0, 0.1) is 17.5 Å². The van der Waals surface area contributed by atoms with Crippen molar-refractivity contribution in [2.75, 3.05) is 5.32 Å². The lowest BCUT2D eigenvalue weighted by molar-refractivity contribution is 0.511. The van der Waals surface area contributed by atoms with Crippen molar-refractivity contribution in [2.45, 2.75) is 6.54 Å². The zero-order chi connectivity index (χ0) is 13.1. The molecule has 94 valence electrons. The molecule has 0 atom stereocenters. The van der Waals surface area contributed by atoms with Crippen molar-refractivity contribution in [3.8, 4) is 0 Å². The molecule has 0 radical (unpaired) electrons. The second-order valence-electron chi connectivity index (χ2n) is 3.69. The molecule has 0 saturated carbocycles. The zero-order valence-electron chi connectivity index (χ0n) is 9.18. The molecule has 0 aromatic heterocycles. The minimum absolute atomic E-state index is 0.00986. The lowest BCUT2D eigenvalue weighted by atomic mass is 10.2. The van der Waals surface area contributed by atoms with E-state index in [1.165, 1.54) is 30.3 Å². The van der Waals surface area contributed by atoms with E-state index < -0.39 is 17.5 Å². The standard InChI is InChI=1S/C13H9ClF3N/c14-9-5-4-8(11(16)6-9)7-18-12-3-1-2-10(15)13(12)17/h1-6,18H,7H2. The van der Waals surface area contributed by atoms with Crippen LogP contribution in [-0.4, -0.2) is 0 Å². The van der Waals surface area contributed by atoms with Gasteiger partial charge in [0.15, 0.2) is 11.6 Å². The number of hydrogen-bond donors (Lipinski definition) is 1. The Labute approximate surface area is 107 Å². The largest absolute Gasteiger partial charge is 0.378 e. The van der Waals surface area contributed by atoms with Crippen LogP contribution in [0.1, 0.15) is 5.56 Å². The summed E-state index contributed by atoms with van der Waals surface area (Å²) in [5.41, 5.74) is 0.312. The SMILES string of the molecule is Fc1cc(Cl)ccc1CNc1cccc(F)c1F. The Hall–Kier alpha value is -1.68. The van der Waals surface area contributed by atoms with E-state index in [9.17, 15) is 13.2 Å². The highest BCUT2D eigenvalue weighted by atomic mass is 35.5. The van der Waals surface area contributed by atoms with E-state index in [1.54, 1.807) is 0 Å². The number of anilines is 1. The van der Waals surface area contributed by atoms with Gasteiger partial charge in [-0.3, -0.25) is 0 Å². The van der Waals surface area contributed by atoms with Gasteiger partial charge in [0.25, 0.3) is 0 Å². The fraction of sp³-hybridized carbons (Fsp3) is 0.0769. The number of nitrogens with one attached hydrogen (secondary N) is 1. The van der Waals surface area contributed by atoms with Crippen LogP contribution in [0.3, 0.4) is 0 Å². The van der Waals surface area contributed by atoms with Gasteiger partial charge in [-0.15, -0.1) is 0 Å². The molecule has 0 unspecified atom stereocenters. The number of benzene rings is 2. The van der Waals surface area contributed by atoms with Crippen LogP contribution < -0.4 is 5.32 Å². The first-order chi connectivity index (χ1) is 8.58. The third-order valence-corrected chi connectivity index (χ3v) is 2.67. The Balaban J connectivity index is 2.14. The molecule has 5 heteroatoms. The molecule has 1 N–H and O–H groups in total. The number of hydrogen-bond acceptors (Lipinski definition) is 1. The third-order valence-electron chi connectivity index (χ3n) is 2.44. The van der Waals surface area contributed by atoms with Crippen molar-refractivity contribution in [3.63, 3.8) is 0 Å². The molecule has 0 heterocycles. The summed E-state index contributed by atoms with van der Waals surface area (Å²) >= 11 is 5.61. The zero-order valence-corrected chi connectivity index (χ0v) is 9.94. The first-order valence-corrected chi connectivity index (χ1v) is 5.57. The minimum atomic E-state index is -0.980. The van der Waals surface area contributed by atoms with E-state index in [1.807, 2.05) is 0 Å². The highest BCUT2D eigenvalue weighted by Crippen LogP contribution is 2.19. The van der Waals surface area contributed by atoms with Crippen molar-refractivity contribution >= 4 is 17.3 Å². The molecule has 0 aliphatic rings. The van der Waals surface area contributed by atoms with Crippen LogP contribution in [-0.2, 0) is 6.54 Å². The first-order valence-electron chi connectivity index (χ1n) is 5.20. The van der Waals surface area contributed by atoms with Crippen molar-refractivity contribution in [3.05, 3.63) is 64.4 Å². The van der Waals surface area contributed by atoms with Gasteiger partial charge < -0.3 is 5.32 Å². The van der Waals surface area contributed by atoms with Gasteiger partial charge in [0, 0.05) is 17.1 Å². The summed E-state index contributed by atoms with van der Waals surface area (Å²) in [7, 11) is 0. The van der Waals surface area contributed by atoms with Gasteiger partial charge in [-0.2, -0.15) is 0 Å². The van der Waals surface area contributed by atoms with Crippen LogP contribution in [0.4, 0.5) is 18.9 Å². The van der Waals surface area contributed by atoms with Gasteiger partial charge in [-0.25, -0.2) is 13.2 Å². The van der Waals surface area contributed by atoms with Crippen LogP contribution in [0.5, 0.6) is 0 Å². The normalized spacial score (nSPS) is 10.4. The Morgan fingerprint density at radius 1 is 1.00 bits per heavy atom. The predicted molar refractivity (Wildman–Crippen MR) is 65.1 cm³/mol. The highest BCUT2D eigenvalue weighted by molar-refractivity contribution is 6.30. The van der Waals surface area contributed by atoms with Crippen LogP contribution in [0.15, 0.2) is 36.4 Å². The number of rotatable bonds is 3. The maximum absolute atomic E-state index is 13.4. The van der Waals surface area contributed by atoms with E-state index in [0.717, 1.165) is 6.07 Å². The van der Waals surface area contributed by atoms with Gasteiger partial charge >= 0.3 is 0 Å². The quantitative estimate of drug-likeness (QED) is 0.874. The molecule has 0 amide bonds. The molecule has 2 aromatic rings. The lowest BCUT2D eigenvalue weighted by Crippen LogP contribution is -2.04. The maximum Gasteiger partial charge on any atom is 0.181 e. The van der Waals surface area contributed by atoms with Gasteiger partial charge in [0.1, 0.15) is 5.82 Å². The maximum atomic E-state index is 13.4. The lowest BCUT2D eigenvalue weighted by Gasteiger charge is -2.09. The molecule has 0 saturated heterocycles.